The van der Waals surface area contributed by atoms with Gasteiger partial charge in [-0.2, -0.15) is 0 Å². The van der Waals surface area contributed by atoms with E-state index in [0.29, 0.717) is 37.2 Å². The molecule has 1 aliphatic rings. The first-order chi connectivity index (χ1) is 22.5. The fourth-order valence-corrected chi connectivity index (χ4v) is 6.00. The van der Waals surface area contributed by atoms with Crippen LogP contribution in [0.3, 0.4) is 0 Å². The molecule has 0 aliphatic heterocycles. The van der Waals surface area contributed by atoms with Crippen LogP contribution in [-0.2, 0) is 9.47 Å². The summed E-state index contributed by atoms with van der Waals surface area (Å²) in [7, 11) is 0. The van der Waals surface area contributed by atoms with Gasteiger partial charge in [0.1, 0.15) is 11.5 Å². The van der Waals surface area contributed by atoms with E-state index in [1.54, 1.807) is 48.5 Å². The number of ether oxygens (including phenoxy) is 4. The van der Waals surface area contributed by atoms with Crippen LogP contribution in [0.1, 0.15) is 169 Å². The lowest BCUT2D eigenvalue weighted by atomic mass is 9.93. The molecular formula is C40H60O6. The molecule has 0 unspecified atom stereocenters. The van der Waals surface area contributed by atoms with Crippen LogP contribution in [0.15, 0.2) is 48.5 Å². The van der Waals surface area contributed by atoms with Crippen LogP contribution < -0.4 is 9.47 Å². The number of hydrogen-bond donors (Lipinski definition) is 0. The predicted molar refractivity (Wildman–Crippen MR) is 186 cm³/mol. The van der Waals surface area contributed by atoms with Crippen LogP contribution >= 0.6 is 0 Å². The van der Waals surface area contributed by atoms with Gasteiger partial charge in [0.2, 0.25) is 0 Å². The normalized spacial score (nSPS) is 14.0. The van der Waals surface area contributed by atoms with Crippen LogP contribution in [0.4, 0.5) is 0 Å². The zero-order chi connectivity index (χ0) is 32.7. The summed E-state index contributed by atoms with van der Waals surface area (Å²) >= 11 is 0. The lowest BCUT2D eigenvalue weighted by Gasteiger charge is -2.35. The molecular weight excluding hydrogens is 576 g/mol. The molecule has 1 fully saturated rings. The number of esters is 2. The molecule has 6 nitrogen and oxygen atoms in total. The molecule has 46 heavy (non-hydrogen) atoms. The third-order valence-electron chi connectivity index (χ3n) is 8.89. The van der Waals surface area contributed by atoms with Crippen molar-refractivity contribution in [3.8, 4) is 11.5 Å². The highest BCUT2D eigenvalue weighted by Crippen LogP contribution is 2.35. The van der Waals surface area contributed by atoms with Crippen LogP contribution in [0.5, 0.6) is 11.5 Å². The maximum Gasteiger partial charge on any atom is 0.341 e. The zero-order valence-corrected chi connectivity index (χ0v) is 28.8. The predicted octanol–water partition coefficient (Wildman–Crippen LogP) is 11.4. The van der Waals surface area contributed by atoms with Crippen LogP contribution in [0.25, 0.3) is 0 Å². The minimum atomic E-state index is -1.26. The fourth-order valence-electron chi connectivity index (χ4n) is 6.00. The molecule has 1 aliphatic carbocycles. The Morgan fingerprint density at radius 3 is 1.22 bits per heavy atom. The van der Waals surface area contributed by atoms with E-state index in [1.165, 1.54) is 89.9 Å². The van der Waals surface area contributed by atoms with Crippen molar-refractivity contribution in [2.24, 2.45) is 0 Å². The molecule has 0 saturated heterocycles. The van der Waals surface area contributed by atoms with Crippen molar-refractivity contribution in [3.05, 3.63) is 59.7 Å². The van der Waals surface area contributed by atoms with Crippen molar-refractivity contribution < 1.29 is 28.5 Å². The van der Waals surface area contributed by atoms with E-state index in [9.17, 15) is 9.59 Å². The number of rotatable bonds is 24. The van der Waals surface area contributed by atoms with Crippen LogP contribution in [0, 0.1) is 0 Å². The maximum atomic E-state index is 13.2. The summed E-state index contributed by atoms with van der Waals surface area (Å²) in [6.07, 6.45) is 23.8. The van der Waals surface area contributed by atoms with Crippen LogP contribution in [0.2, 0.25) is 0 Å². The van der Waals surface area contributed by atoms with E-state index in [-0.39, 0.29) is 0 Å². The van der Waals surface area contributed by atoms with Gasteiger partial charge >= 0.3 is 11.9 Å². The largest absolute Gasteiger partial charge is 0.494 e. The van der Waals surface area contributed by atoms with Crippen molar-refractivity contribution >= 4 is 11.9 Å². The standard InChI is InChI=1S/C40H60O6/c1-3-5-7-9-11-13-15-20-32-43-36-26-22-34(23-27-36)38(41)45-40(30-18-17-19-31-40)46-39(42)35-24-28-37(29-25-35)44-33-21-16-14-12-10-8-6-4-2/h22-29H,3-21,30-33H2,1-2H3. The van der Waals surface area contributed by atoms with E-state index < -0.39 is 17.7 Å². The second-order valence-electron chi connectivity index (χ2n) is 12.9. The number of carbonyl (C=O) groups excluding carboxylic acids is 2. The molecule has 0 amide bonds. The average molecular weight is 637 g/mol. The number of unbranched alkanes of at least 4 members (excludes halogenated alkanes) is 14. The minimum Gasteiger partial charge on any atom is -0.494 e. The monoisotopic (exact) mass is 636 g/mol. The second kappa shape index (κ2) is 22.5. The zero-order valence-electron chi connectivity index (χ0n) is 28.8. The molecule has 0 heterocycles. The van der Waals surface area contributed by atoms with Crippen molar-refractivity contribution in [1.82, 2.24) is 0 Å². The smallest absolute Gasteiger partial charge is 0.341 e. The topological polar surface area (TPSA) is 71.1 Å². The maximum absolute atomic E-state index is 13.2. The lowest BCUT2D eigenvalue weighted by molar-refractivity contribution is -0.186. The lowest BCUT2D eigenvalue weighted by Crippen LogP contribution is -2.42. The summed E-state index contributed by atoms with van der Waals surface area (Å²) in [5.41, 5.74) is 0.830. The molecule has 256 valence electrons. The molecule has 0 spiro atoms. The van der Waals surface area contributed by atoms with Crippen molar-refractivity contribution in [3.63, 3.8) is 0 Å². The quantitative estimate of drug-likeness (QED) is 0.0648. The van der Waals surface area contributed by atoms with Gasteiger partial charge < -0.3 is 18.9 Å². The van der Waals surface area contributed by atoms with Gasteiger partial charge in [-0.1, -0.05) is 110 Å². The number of carbonyl (C=O) groups is 2. The molecule has 0 radical (unpaired) electrons. The third-order valence-corrected chi connectivity index (χ3v) is 8.89. The van der Waals surface area contributed by atoms with E-state index in [1.807, 2.05) is 0 Å². The molecule has 0 N–H and O–H groups in total. The first-order valence-corrected chi connectivity index (χ1v) is 18.5. The number of hydrogen-bond acceptors (Lipinski definition) is 6. The Morgan fingerprint density at radius 2 is 0.848 bits per heavy atom. The van der Waals surface area contributed by atoms with Crippen molar-refractivity contribution in [1.29, 1.82) is 0 Å². The molecule has 0 bridgehead atoms. The summed E-state index contributed by atoms with van der Waals surface area (Å²) in [5.74, 6) is -0.765. The SMILES string of the molecule is CCCCCCCCCCOc1ccc(C(=O)OC2(OC(=O)c3ccc(OCCCCCCCCCC)cc3)CCCCC2)cc1. The summed E-state index contributed by atoms with van der Waals surface area (Å²) in [4.78, 5) is 26.3. The van der Waals surface area contributed by atoms with Gasteiger partial charge in [-0.3, -0.25) is 0 Å². The summed E-state index contributed by atoms with van der Waals surface area (Å²) in [6.45, 7) is 5.83. The fraction of sp³-hybridized carbons (Fsp3) is 0.650. The van der Waals surface area contributed by atoms with Gasteiger partial charge in [0.05, 0.1) is 24.3 Å². The first-order valence-electron chi connectivity index (χ1n) is 18.5. The second-order valence-corrected chi connectivity index (χ2v) is 12.9. The molecule has 3 rings (SSSR count). The molecule has 2 aromatic carbocycles. The highest BCUT2D eigenvalue weighted by Gasteiger charge is 2.40. The van der Waals surface area contributed by atoms with Crippen molar-refractivity contribution in [2.45, 2.75) is 154 Å². The third kappa shape index (κ3) is 14.6. The van der Waals surface area contributed by atoms with E-state index >= 15 is 0 Å². The van der Waals surface area contributed by atoms with Gasteiger partial charge in [0.15, 0.2) is 0 Å². The van der Waals surface area contributed by atoms with Gasteiger partial charge in [-0.05, 0) is 74.2 Å². The number of benzene rings is 2. The Bertz CT molecular complexity index is 1010. The van der Waals surface area contributed by atoms with Crippen molar-refractivity contribution in [2.75, 3.05) is 13.2 Å². The van der Waals surface area contributed by atoms with Gasteiger partial charge in [0.25, 0.3) is 5.79 Å². The molecule has 0 atom stereocenters. The summed E-state index contributed by atoms with van der Waals surface area (Å²) in [5, 5.41) is 0. The summed E-state index contributed by atoms with van der Waals surface area (Å²) < 4.78 is 23.7. The Hall–Kier alpha value is -3.02. The molecule has 6 heteroatoms. The van der Waals surface area contributed by atoms with Gasteiger partial charge in [-0.25, -0.2) is 9.59 Å². The Balaban J connectivity index is 1.41. The molecule has 1 saturated carbocycles. The first kappa shape index (κ1) is 37.4. The molecule has 2 aromatic rings. The van der Waals surface area contributed by atoms with E-state index in [0.717, 1.165) is 43.6 Å². The Labute approximate surface area is 278 Å². The minimum absolute atomic E-state index is 0.415. The van der Waals surface area contributed by atoms with Gasteiger partial charge in [-0.15, -0.1) is 0 Å². The Kier molecular flexibility index (Phi) is 18.3. The van der Waals surface area contributed by atoms with E-state index in [2.05, 4.69) is 13.8 Å². The summed E-state index contributed by atoms with van der Waals surface area (Å²) in [6, 6.07) is 14.1. The highest BCUT2D eigenvalue weighted by molar-refractivity contribution is 5.91. The average Bonchev–Trinajstić information content (AvgIpc) is 3.07. The highest BCUT2D eigenvalue weighted by atomic mass is 16.7. The van der Waals surface area contributed by atoms with E-state index in [4.69, 9.17) is 18.9 Å². The Morgan fingerprint density at radius 1 is 0.500 bits per heavy atom. The molecule has 0 aromatic heterocycles. The van der Waals surface area contributed by atoms with Crippen LogP contribution in [-0.4, -0.2) is 30.9 Å². The van der Waals surface area contributed by atoms with Gasteiger partial charge in [0, 0.05) is 12.8 Å².